The molecule has 0 aromatic carbocycles. The predicted octanol–water partition coefficient (Wildman–Crippen LogP) is 1.11. The monoisotopic (exact) mass is 251 g/mol. The summed E-state index contributed by atoms with van der Waals surface area (Å²) in [5, 5.41) is 8.98. The molecule has 1 N–H and O–H groups in total. The summed E-state index contributed by atoms with van der Waals surface area (Å²) in [5.74, 6) is 0.674. The van der Waals surface area contributed by atoms with E-state index in [0.717, 1.165) is 13.2 Å². The van der Waals surface area contributed by atoms with Crippen molar-refractivity contribution in [2.24, 2.45) is 5.41 Å². The molecule has 1 saturated carbocycles. The van der Waals surface area contributed by atoms with Crippen LogP contribution in [0.1, 0.15) is 18.5 Å². The first-order valence-corrected chi connectivity index (χ1v) is 6.21. The van der Waals surface area contributed by atoms with Gasteiger partial charge in [0.2, 0.25) is 0 Å². The SMILES string of the molecule is OCc1cc(OCC2OCC3(CC3)CO2)ccn1. The van der Waals surface area contributed by atoms with E-state index in [0.29, 0.717) is 23.5 Å². The first-order chi connectivity index (χ1) is 8.80. The number of rotatable bonds is 4. The van der Waals surface area contributed by atoms with Gasteiger partial charge in [0.05, 0.1) is 25.5 Å². The molecule has 0 amide bonds. The highest BCUT2D eigenvalue weighted by molar-refractivity contribution is 5.22. The van der Waals surface area contributed by atoms with Gasteiger partial charge in [-0.1, -0.05) is 0 Å². The zero-order valence-corrected chi connectivity index (χ0v) is 10.2. The topological polar surface area (TPSA) is 60.8 Å². The number of aromatic nitrogens is 1. The fourth-order valence-electron chi connectivity index (χ4n) is 1.99. The molecule has 0 unspecified atom stereocenters. The van der Waals surface area contributed by atoms with Crippen molar-refractivity contribution < 1.29 is 19.3 Å². The Balaban J connectivity index is 1.48. The number of hydrogen-bond acceptors (Lipinski definition) is 5. The van der Waals surface area contributed by atoms with Gasteiger partial charge in [-0.3, -0.25) is 4.98 Å². The molecular formula is C13H17NO4. The third-order valence-electron chi connectivity index (χ3n) is 3.44. The molecule has 5 nitrogen and oxygen atoms in total. The summed E-state index contributed by atoms with van der Waals surface area (Å²) >= 11 is 0. The van der Waals surface area contributed by atoms with Gasteiger partial charge in [-0.05, 0) is 18.9 Å². The Morgan fingerprint density at radius 1 is 1.39 bits per heavy atom. The molecule has 0 bridgehead atoms. The van der Waals surface area contributed by atoms with E-state index >= 15 is 0 Å². The van der Waals surface area contributed by atoms with Crippen LogP contribution in [0, 0.1) is 5.41 Å². The number of ether oxygens (including phenoxy) is 3. The van der Waals surface area contributed by atoms with E-state index in [1.807, 2.05) is 0 Å². The third-order valence-corrected chi connectivity index (χ3v) is 3.44. The molecule has 0 atom stereocenters. The Morgan fingerprint density at radius 2 is 2.17 bits per heavy atom. The molecular weight excluding hydrogens is 234 g/mol. The minimum Gasteiger partial charge on any atom is -0.488 e. The molecule has 5 heteroatoms. The quantitative estimate of drug-likeness (QED) is 0.868. The standard InChI is InChI=1S/C13H17NO4/c15-6-10-5-11(1-4-14-10)16-7-12-17-8-13(2-3-13)9-18-12/h1,4-5,12,15H,2-3,6-9H2. The lowest BCUT2D eigenvalue weighted by molar-refractivity contribution is -0.217. The van der Waals surface area contributed by atoms with Crippen LogP contribution in [0.3, 0.4) is 0 Å². The van der Waals surface area contributed by atoms with Gasteiger partial charge < -0.3 is 19.3 Å². The Bertz CT molecular complexity index is 409. The van der Waals surface area contributed by atoms with Crippen LogP contribution < -0.4 is 4.74 Å². The first kappa shape index (κ1) is 11.9. The van der Waals surface area contributed by atoms with Gasteiger partial charge in [0.1, 0.15) is 12.4 Å². The number of aliphatic hydroxyl groups is 1. The number of hydrogen-bond donors (Lipinski definition) is 1. The molecule has 1 aliphatic carbocycles. The summed E-state index contributed by atoms with van der Waals surface area (Å²) < 4.78 is 16.8. The molecule has 2 aliphatic rings. The van der Waals surface area contributed by atoms with Gasteiger partial charge in [0.25, 0.3) is 0 Å². The van der Waals surface area contributed by atoms with Crippen molar-refractivity contribution in [3.05, 3.63) is 24.0 Å². The molecule has 18 heavy (non-hydrogen) atoms. The highest BCUT2D eigenvalue weighted by Gasteiger charge is 2.46. The van der Waals surface area contributed by atoms with Crippen molar-refractivity contribution in [1.82, 2.24) is 4.98 Å². The van der Waals surface area contributed by atoms with Gasteiger partial charge in [-0.25, -0.2) is 0 Å². The van der Waals surface area contributed by atoms with Gasteiger partial charge >= 0.3 is 0 Å². The molecule has 98 valence electrons. The zero-order valence-electron chi connectivity index (χ0n) is 10.2. The van der Waals surface area contributed by atoms with Gasteiger partial charge in [-0.2, -0.15) is 0 Å². The smallest absolute Gasteiger partial charge is 0.191 e. The first-order valence-electron chi connectivity index (χ1n) is 6.21. The van der Waals surface area contributed by atoms with Gasteiger partial charge in [0, 0.05) is 17.7 Å². The average molecular weight is 251 g/mol. The Morgan fingerprint density at radius 3 is 2.83 bits per heavy atom. The van der Waals surface area contributed by atoms with E-state index in [9.17, 15) is 0 Å². The van der Waals surface area contributed by atoms with E-state index in [1.165, 1.54) is 12.8 Å². The number of pyridine rings is 1. The Labute approximate surface area is 106 Å². The molecule has 1 saturated heterocycles. The maximum Gasteiger partial charge on any atom is 0.191 e. The van der Waals surface area contributed by atoms with Crippen molar-refractivity contribution in [2.45, 2.75) is 25.7 Å². The molecule has 0 radical (unpaired) electrons. The second-order valence-electron chi connectivity index (χ2n) is 5.00. The molecule has 1 aliphatic heterocycles. The normalized spacial score (nSPS) is 22.1. The molecule has 3 rings (SSSR count). The summed E-state index contributed by atoms with van der Waals surface area (Å²) in [6.07, 6.45) is 3.75. The van der Waals surface area contributed by atoms with Crippen LogP contribution >= 0.6 is 0 Å². The third kappa shape index (κ3) is 2.63. The van der Waals surface area contributed by atoms with Crippen LogP contribution in [0.4, 0.5) is 0 Å². The molecule has 1 aromatic rings. The Kier molecular flexibility index (Phi) is 3.20. The molecule has 1 aromatic heterocycles. The maximum absolute atomic E-state index is 8.98. The summed E-state index contributed by atoms with van der Waals surface area (Å²) in [7, 11) is 0. The summed E-state index contributed by atoms with van der Waals surface area (Å²) in [6, 6.07) is 3.47. The predicted molar refractivity (Wildman–Crippen MR) is 63.0 cm³/mol. The van der Waals surface area contributed by atoms with Gasteiger partial charge in [0.15, 0.2) is 6.29 Å². The van der Waals surface area contributed by atoms with Crippen molar-refractivity contribution in [2.75, 3.05) is 19.8 Å². The average Bonchev–Trinajstić information content (AvgIpc) is 3.18. The van der Waals surface area contributed by atoms with E-state index in [4.69, 9.17) is 19.3 Å². The van der Waals surface area contributed by atoms with Crippen molar-refractivity contribution in [1.29, 1.82) is 0 Å². The van der Waals surface area contributed by atoms with E-state index in [2.05, 4.69) is 4.98 Å². The largest absolute Gasteiger partial charge is 0.488 e. The Hall–Kier alpha value is -1.17. The summed E-state index contributed by atoms with van der Waals surface area (Å²) in [6.45, 7) is 1.83. The summed E-state index contributed by atoms with van der Waals surface area (Å²) in [4.78, 5) is 3.99. The molecule has 2 fully saturated rings. The van der Waals surface area contributed by atoms with Crippen LogP contribution in [0.15, 0.2) is 18.3 Å². The lowest BCUT2D eigenvalue weighted by Crippen LogP contribution is -2.36. The lowest BCUT2D eigenvalue weighted by Gasteiger charge is -2.29. The van der Waals surface area contributed by atoms with Crippen LogP contribution in [0.5, 0.6) is 5.75 Å². The highest BCUT2D eigenvalue weighted by atomic mass is 16.7. The minimum absolute atomic E-state index is 0.0872. The lowest BCUT2D eigenvalue weighted by atomic mass is 10.1. The van der Waals surface area contributed by atoms with E-state index < -0.39 is 0 Å². The van der Waals surface area contributed by atoms with Crippen molar-refractivity contribution in [3.8, 4) is 5.75 Å². The molecule has 1 spiro atoms. The van der Waals surface area contributed by atoms with Crippen LogP contribution in [0.25, 0.3) is 0 Å². The van der Waals surface area contributed by atoms with Crippen LogP contribution in [0.2, 0.25) is 0 Å². The van der Waals surface area contributed by atoms with E-state index in [-0.39, 0.29) is 12.9 Å². The number of nitrogens with zero attached hydrogens (tertiary/aromatic N) is 1. The van der Waals surface area contributed by atoms with Crippen molar-refractivity contribution >= 4 is 0 Å². The number of aliphatic hydroxyl groups excluding tert-OH is 1. The fourth-order valence-corrected chi connectivity index (χ4v) is 1.99. The summed E-state index contributed by atoms with van der Waals surface area (Å²) in [5.41, 5.74) is 0.909. The van der Waals surface area contributed by atoms with E-state index in [1.54, 1.807) is 18.3 Å². The zero-order chi connectivity index (χ0) is 12.4. The maximum atomic E-state index is 8.98. The minimum atomic E-state index is -0.290. The van der Waals surface area contributed by atoms with Crippen LogP contribution in [-0.2, 0) is 16.1 Å². The second kappa shape index (κ2) is 4.84. The molecule has 2 heterocycles. The van der Waals surface area contributed by atoms with Crippen molar-refractivity contribution in [3.63, 3.8) is 0 Å². The fraction of sp³-hybridized carbons (Fsp3) is 0.615. The second-order valence-corrected chi connectivity index (χ2v) is 5.00. The van der Waals surface area contributed by atoms with Gasteiger partial charge in [-0.15, -0.1) is 0 Å². The highest BCUT2D eigenvalue weighted by Crippen LogP contribution is 2.48. The van der Waals surface area contributed by atoms with Crippen LogP contribution in [-0.4, -0.2) is 36.2 Å².